The lowest BCUT2D eigenvalue weighted by molar-refractivity contribution is -0.139. The van der Waals surface area contributed by atoms with E-state index in [-0.39, 0.29) is 17.9 Å². The Morgan fingerprint density at radius 2 is 2.30 bits per heavy atom. The molecule has 0 heterocycles. The number of carbonyl (C=O) groups is 1. The molecule has 108 valence electrons. The van der Waals surface area contributed by atoms with Gasteiger partial charge in [-0.1, -0.05) is 24.4 Å². The zero-order chi connectivity index (χ0) is 15.1. The third kappa shape index (κ3) is 3.96. The lowest BCUT2D eigenvalue weighted by Crippen LogP contribution is -2.28. The van der Waals surface area contributed by atoms with E-state index in [2.05, 4.69) is 5.32 Å². The van der Waals surface area contributed by atoms with E-state index in [1.54, 1.807) is 38.1 Å². The van der Waals surface area contributed by atoms with E-state index >= 15 is 0 Å². The summed E-state index contributed by atoms with van der Waals surface area (Å²) in [7, 11) is 0. The van der Waals surface area contributed by atoms with Gasteiger partial charge < -0.3 is 20.9 Å². The van der Waals surface area contributed by atoms with Crippen LogP contribution in [0.15, 0.2) is 35.5 Å². The molecule has 0 saturated carbocycles. The van der Waals surface area contributed by atoms with Crippen molar-refractivity contribution in [2.75, 3.05) is 6.61 Å². The fourth-order valence-electron chi connectivity index (χ4n) is 1.83. The molecule has 6 heteroatoms. The number of hydrogen-bond acceptors (Lipinski definition) is 5. The van der Waals surface area contributed by atoms with Crippen molar-refractivity contribution in [3.8, 4) is 5.75 Å². The van der Waals surface area contributed by atoms with E-state index in [9.17, 15) is 9.90 Å². The minimum Gasteiger partial charge on any atom is -0.508 e. The van der Waals surface area contributed by atoms with Crippen LogP contribution in [0.25, 0.3) is 0 Å². The van der Waals surface area contributed by atoms with Crippen LogP contribution in [0, 0.1) is 0 Å². The van der Waals surface area contributed by atoms with Crippen molar-refractivity contribution in [2.45, 2.75) is 19.9 Å². The van der Waals surface area contributed by atoms with Crippen LogP contribution in [0.2, 0.25) is 0 Å². The van der Waals surface area contributed by atoms with Crippen LogP contribution in [0.1, 0.15) is 25.5 Å². The molecule has 1 atom stereocenters. The fourth-order valence-corrected chi connectivity index (χ4v) is 1.97. The molecule has 1 aromatic carbocycles. The van der Waals surface area contributed by atoms with Crippen molar-refractivity contribution in [1.82, 2.24) is 5.32 Å². The molecule has 0 amide bonds. The summed E-state index contributed by atoms with van der Waals surface area (Å²) in [6, 6.07) is 5.96. The Balaban J connectivity index is 3.26. The largest absolute Gasteiger partial charge is 0.508 e. The number of carbonyl (C=O) groups excluding carboxylic acids is 1. The Hall–Kier alpha value is -2.08. The molecule has 0 fully saturated rings. The maximum Gasteiger partial charge on any atom is 0.338 e. The van der Waals surface area contributed by atoms with Gasteiger partial charge in [0, 0.05) is 5.70 Å². The molecule has 0 radical (unpaired) electrons. The minimum absolute atomic E-state index is 0.0940. The summed E-state index contributed by atoms with van der Waals surface area (Å²) in [5, 5.41) is 12.5. The summed E-state index contributed by atoms with van der Waals surface area (Å²) < 4.78 is 5.02. The van der Waals surface area contributed by atoms with Crippen LogP contribution < -0.4 is 11.1 Å². The van der Waals surface area contributed by atoms with Gasteiger partial charge in [-0.2, -0.15) is 0 Å². The summed E-state index contributed by atoms with van der Waals surface area (Å²) in [5.41, 5.74) is 8.38. The van der Waals surface area contributed by atoms with Gasteiger partial charge in [-0.05, 0) is 31.5 Å². The van der Waals surface area contributed by atoms with Crippen molar-refractivity contribution >= 4 is 23.7 Å². The summed E-state index contributed by atoms with van der Waals surface area (Å²) in [6.45, 7) is 3.59. The number of allylic oxidation sites excluding steroid dienone is 1. The molecule has 0 saturated heterocycles. The molecular formula is C14H18N2O3S. The molecular weight excluding hydrogens is 276 g/mol. The first-order chi connectivity index (χ1) is 9.51. The zero-order valence-corrected chi connectivity index (χ0v) is 12.2. The highest BCUT2D eigenvalue weighted by Crippen LogP contribution is 2.26. The SMILES string of the molecule is CCOC(=O)/C(=C(\C)N)C(NC=S)c1cccc(O)c1. The number of hydrogen-bond donors (Lipinski definition) is 3. The Labute approximate surface area is 123 Å². The van der Waals surface area contributed by atoms with Gasteiger partial charge in [0.1, 0.15) is 5.75 Å². The summed E-state index contributed by atoms with van der Waals surface area (Å²) >= 11 is 4.80. The second kappa shape index (κ2) is 7.49. The molecule has 0 bridgehead atoms. The predicted molar refractivity (Wildman–Crippen MR) is 81.2 cm³/mol. The van der Waals surface area contributed by atoms with Crippen molar-refractivity contribution in [2.24, 2.45) is 5.73 Å². The van der Waals surface area contributed by atoms with Crippen LogP contribution >= 0.6 is 12.2 Å². The van der Waals surface area contributed by atoms with E-state index in [4.69, 9.17) is 22.7 Å². The Morgan fingerprint density at radius 3 is 2.80 bits per heavy atom. The third-order valence-electron chi connectivity index (χ3n) is 2.65. The number of nitrogens with one attached hydrogen (secondary N) is 1. The van der Waals surface area contributed by atoms with Crippen LogP contribution in [-0.4, -0.2) is 23.2 Å². The first-order valence-corrected chi connectivity index (χ1v) is 6.60. The minimum atomic E-state index is -0.566. The molecule has 1 rings (SSSR count). The van der Waals surface area contributed by atoms with Gasteiger partial charge in [0.25, 0.3) is 0 Å². The van der Waals surface area contributed by atoms with Gasteiger partial charge in [0.15, 0.2) is 0 Å². The molecule has 4 N–H and O–H groups in total. The number of ether oxygens (including phenoxy) is 1. The number of benzene rings is 1. The summed E-state index contributed by atoms with van der Waals surface area (Å²) in [4.78, 5) is 12.0. The highest BCUT2D eigenvalue weighted by atomic mass is 32.1. The molecule has 0 aromatic heterocycles. The topological polar surface area (TPSA) is 84.6 Å². The number of esters is 1. The van der Waals surface area contributed by atoms with Crippen LogP contribution in [0.3, 0.4) is 0 Å². The van der Waals surface area contributed by atoms with E-state index in [1.807, 2.05) is 0 Å². The lowest BCUT2D eigenvalue weighted by atomic mass is 9.97. The van der Waals surface area contributed by atoms with E-state index in [0.29, 0.717) is 11.3 Å². The number of aromatic hydroxyl groups is 1. The zero-order valence-electron chi connectivity index (χ0n) is 11.4. The Bertz CT molecular complexity index is 525. The monoisotopic (exact) mass is 294 g/mol. The average Bonchev–Trinajstić information content (AvgIpc) is 2.38. The van der Waals surface area contributed by atoms with Crippen molar-refractivity contribution in [1.29, 1.82) is 0 Å². The average molecular weight is 294 g/mol. The van der Waals surface area contributed by atoms with Gasteiger partial charge >= 0.3 is 5.97 Å². The third-order valence-corrected chi connectivity index (χ3v) is 2.78. The van der Waals surface area contributed by atoms with Gasteiger partial charge in [-0.25, -0.2) is 4.79 Å². The van der Waals surface area contributed by atoms with Crippen molar-refractivity contribution in [3.05, 3.63) is 41.1 Å². The molecule has 0 aliphatic heterocycles. The first-order valence-electron chi connectivity index (χ1n) is 6.13. The number of phenols is 1. The highest BCUT2D eigenvalue weighted by Gasteiger charge is 2.25. The number of nitrogens with two attached hydrogens (primary N) is 1. The van der Waals surface area contributed by atoms with E-state index in [1.165, 1.54) is 5.49 Å². The van der Waals surface area contributed by atoms with Gasteiger partial charge in [-0.3, -0.25) is 0 Å². The summed E-state index contributed by atoms with van der Waals surface area (Å²) in [5.74, 6) is -0.415. The van der Waals surface area contributed by atoms with Crippen LogP contribution in [0.4, 0.5) is 0 Å². The van der Waals surface area contributed by atoms with E-state index < -0.39 is 12.0 Å². The number of thiocarbonyl (C=S) groups is 1. The van der Waals surface area contributed by atoms with Gasteiger partial charge in [-0.15, -0.1) is 0 Å². The lowest BCUT2D eigenvalue weighted by Gasteiger charge is -2.21. The second-order valence-corrected chi connectivity index (χ2v) is 4.37. The highest BCUT2D eigenvalue weighted by molar-refractivity contribution is 7.78. The van der Waals surface area contributed by atoms with Crippen LogP contribution in [0.5, 0.6) is 5.75 Å². The van der Waals surface area contributed by atoms with Crippen molar-refractivity contribution < 1.29 is 14.6 Å². The predicted octanol–water partition coefficient (Wildman–Crippen LogP) is 1.78. The van der Waals surface area contributed by atoms with Crippen molar-refractivity contribution in [3.63, 3.8) is 0 Å². The quantitative estimate of drug-likeness (QED) is 0.421. The molecule has 5 nitrogen and oxygen atoms in total. The number of rotatable bonds is 6. The Morgan fingerprint density at radius 1 is 1.60 bits per heavy atom. The second-order valence-electron chi connectivity index (χ2n) is 4.13. The molecule has 20 heavy (non-hydrogen) atoms. The summed E-state index contributed by atoms with van der Waals surface area (Å²) in [6.07, 6.45) is 0. The standard InChI is InChI=1S/C14H18N2O3S/c1-3-19-14(18)12(9(2)15)13(16-8-20)10-5-4-6-11(17)7-10/h4-8,13,17H,3,15H2,1-2H3,(H,16,20)/b12-9+. The Kier molecular flexibility index (Phi) is 5.99. The molecule has 1 unspecified atom stereocenters. The fraction of sp³-hybridized carbons (Fsp3) is 0.286. The van der Waals surface area contributed by atoms with Gasteiger partial charge in [0.2, 0.25) is 0 Å². The maximum absolute atomic E-state index is 12.0. The molecule has 0 spiro atoms. The van der Waals surface area contributed by atoms with Gasteiger partial charge in [0.05, 0.1) is 23.7 Å². The number of phenolic OH excluding ortho intramolecular Hbond substituents is 1. The maximum atomic E-state index is 12.0. The molecule has 0 aliphatic rings. The van der Waals surface area contributed by atoms with Crippen LogP contribution in [-0.2, 0) is 9.53 Å². The first kappa shape index (κ1) is 16.0. The molecule has 0 aliphatic carbocycles. The molecule has 1 aromatic rings. The smallest absolute Gasteiger partial charge is 0.338 e. The normalized spacial score (nSPS) is 13.1. The van der Waals surface area contributed by atoms with E-state index in [0.717, 1.165) is 0 Å².